The third-order valence-corrected chi connectivity index (χ3v) is 6.98. The molecule has 0 radical (unpaired) electrons. The molecule has 164 valence electrons. The summed E-state index contributed by atoms with van der Waals surface area (Å²) in [6.45, 7) is 4.46. The van der Waals surface area contributed by atoms with Crippen LogP contribution in [0.3, 0.4) is 0 Å². The highest BCUT2D eigenvalue weighted by Crippen LogP contribution is 2.51. The molecule has 1 heterocycles. The molecule has 0 amide bonds. The van der Waals surface area contributed by atoms with Gasteiger partial charge >= 0.3 is 0 Å². The van der Waals surface area contributed by atoms with Crippen molar-refractivity contribution in [1.82, 2.24) is 0 Å². The zero-order valence-corrected chi connectivity index (χ0v) is 19.1. The van der Waals surface area contributed by atoms with E-state index in [0.29, 0.717) is 11.1 Å². The van der Waals surface area contributed by atoms with Crippen LogP contribution in [0.1, 0.15) is 51.3 Å². The summed E-state index contributed by atoms with van der Waals surface area (Å²) in [7, 11) is 0. The van der Waals surface area contributed by atoms with Crippen LogP contribution in [0.4, 0.5) is 17.1 Å². The Morgan fingerprint density at radius 3 is 1.94 bits per heavy atom. The van der Waals surface area contributed by atoms with Gasteiger partial charge in [-0.2, -0.15) is 0 Å². The van der Waals surface area contributed by atoms with Crippen LogP contribution in [0.25, 0.3) is 6.08 Å². The van der Waals surface area contributed by atoms with Crippen molar-refractivity contribution in [3.8, 4) is 0 Å². The van der Waals surface area contributed by atoms with Gasteiger partial charge in [-0.3, -0.25) is 9.59 Å². The molecule has 1 aliphatic heterocycles. The molecule has 6 rings (SSSR count). The number of para-hydroxylation sites is 2. The van der Waals surface area contributed by atoms with Crippen molar-refractivity contribution >= 4 is 34.7 Å². The van der Waals surface area contributed by atoms with Crippen molar-refractivity contribution in [2.24, 2.45) is 0 Å². The number of ketones is 2. The molecule has 0 saturated heterocycles. The summed E-state index contributed by atoms with van der Waals surface area (Å²) >= 11 is 0. The first-order valence-electron chi connectivity index (χ1n) is 11.5. The van der Waals surface area contributed by atoms with Crippen LogP contribution in [0, 0.1) is 0 Å². The Hall–Kier alpha value is -4.24. The van der Waals surface area contributed by atoms with Crippen LogP contribution < -0.4 is 4.90 Å². The fraction of sp³-hybridized carbons (Fsp3) is 0.0968. The molecule has 34 heavy (non-hydrogen) atoms. The molecule has 0 unspecified atom stereocenters. The molecule has 3 heteroatoms. The second-order valence-electron chi connectivity index (χ2n) is 9.35. The molecule has 0 fully saturated rings. The Morgan fingerprint density at radius 2 is 1.24 bits per heavy atom. The van der Waals surface area contributed by atoms with Crippen molar-refractivity contribution in [2.45, 2.75) is 19.3 Å². The van der Waals surface area contributed by atoms with E-state index in [1.54, 1.807) is 30.3 Å². The van der Waals surface area contributed by atoms with Gasteiger partial charge in [0.05, 0.1) is 16.9 Å². The van der Waals surface area contributed by atoms with Crippen LogP contribution in [-0.2, 0) is 5.41 Å². The minimum Gasteiger partial charge on any atom is -0.310 e. The third-order valence-electron chi connectivity index (χ3n) is 6.98. The number of benzene rings is 4. The standard InChI is InChI=1S/C31H23NO2/c1-31(2)25-14-8-9-15-27(25)32(21-10-4-3-5-11-21)28-17-16-20(19-26(28)31)18-24-29(33)22-12-6-7-13-23(22)30(24)34/h3-19H,1-2H3. The fourth-order valence-corrected chi connectivity index (χ4v) is 5.24. The van der Waals surface area contributed by atoms with Gasteiger partial charge in [0.15, 0.2) is 11.6 Å². The summed E-state index contributed by atoms with van der Waals surface area (Å²) in [6.07, 6.45) is 1.74. The largest absolute Gasteiger partial charge is 0.310 e. The van der Waals surface area contributed by atoms with Crippen molar-refractivity contribution in [2.75, 3.05) is 4.90 Å². The maximum absolute atomic E-state index is 12.9. The first-order chi connectivity index (χ1) is 16.5. The number of carbonyl (C=O) groups excluding carboxylic acids is 2. The minimum atomic E-state index is -0.252. The van der Waals surface area contributed by atoms with Gasteiger partial charge in [0.1, 0.15) is 0 Å². The smallest absolute Gasteiger partial charge is 0.197 e. The van der Waals surface area contributed by atoms with Gasteiger partial charge in [-0.1, -0.05) is 80.6 Å². The average molecular weight is 442 g/mol. The molecule has 2 aliphatic rings. The number of hydrogen-bond donors (Lipinski definition) is 0. The molecule has 3 nitrogen and oxygen atoms in total. The van der Waals surface area contributed by atoms with Gasteiger partial charge in [0.2, 0.25) is 0 Å². The Morgan fingerprint density at radius 1 is 0.647 bits per heavy atom. The van der Waals surface area contributed by atoms with E-state index in [9.17, 15) is 9.59 Å². The van der Waals surface area contributed by atoms with Gasteiger partial charge in [-0.05, 0) is 53.1 Å². The SMILES string of the molecule is CC1(C)c2ccccc2N(c2ccccc2)c2ccc(C=C3C(=O)c4ccccc4C3=O)cc21. The number of fused-ring (bicyclic) bond motifs is 3. The molecule has 4 aromatic carbocycles. The number of carbonyl (C=O) groups is 2. The number of anilines is 3. The van der Waals surface area contributed by atoms with Crippen LogP contribution in [0.5, 0.6) is 0 Å². The van der Waals surface area contributed by atoms with E-state index in [2.05, 4.69) is 67.3 Å². The van der Waals surface area contributed by atoms with Gasteiger partial charge in [0, 0.05) is 22.2 Å². The summed E-state index contributed by atoms with van der Waals surface area (Å²) < 4.78 is 0. The van der Waals surface area contributed by atoms with E-state index in [4.69, 9.17) is 0 Å². The second kappa shape index (κ2) is 7.39. The van der Waals surface area contributed by atoms with Crippen LogP contribution in [-0.4, -0.2) is 11.6 Å². The Kier molecular flexibility index (Phi) is 4.43. The van der Waals surface area contributed by atoms with Crippen LogP contribution in [0.2, 0.25) is 0 Å². The third kappa shape index (κ3) is 2.90. The average Bonchev–Trinajstić information content (AvgIpc) is 3.10. The van der Waals surface area contributed by atoms with E-state index in [1.807, 2.05) is 24.3 Å². The zero-order valence-electron chi connectivity index (χ0n) is 19.1. The lowest BCUT2D eigenvalue weighted by atomic mass is 9.73. The molecule has 0 aromatic heterocycles. The molecule has 0 spiro atoms. The predicted octanol–water partition coefficient (Wildman–Crippen LogP) is 7.26. The molecule has 4 aromatic rings. The summed E-state index contributed by atoms with van der Waals surface area (Å²) in [5.41, 5.74) is 7.55. The highest BCUT2D eigenvalue weighted by Gasteiger charge is 2.37. The number of rotatable bonds is 2. The summed E-state index contributed by atoms with van der Waals surface area (Å²) in [6, 6.07) is 32.1. The van der Waals surface area contributed by atoms with Gasteiger partial charge < -0.3 is 4.90 Å². The first kappa shape index (κ1) is 20.4. The van der Waals surface area contributed by atoms with Crippen LogP contribution >= 0.6 is 0 Å². The van der Waals surface area contributed by atoms with Crippen molar-refractivity contribution in [3.05, 3.63) is 130 Å². The lowest BCUT2D eigenvalue weighted by Gasteiger charge is -2.42. The Bertz CT molecular complexity index is 1470. The van der Waals surface area contributed by atoms with Crippen molar-refractivity contribution < 1.29 is 9.59 Å². The molecule has 1 aliphatic carbocycles. The second-order valence-corrected chi connectivity index (χ2v) is 9.35. The predicted molar refractivity (Wildman–Crippen MR) is 136 cm³/mol. The van der Waals surface area contributed by atoms with E-state index < -0.39 is 0 Å². The minimum absolute atomic E-state index is 0.200. The van der Waals surface area contributed by atoms with Crippen molar-refractivity contribution in [1.29, 1.82) is 0 Å². The van der Waals surface area contributed by atoms with Gasteiger partial charge in [0.25, 0.3) is 0 Å². The van der Waals surface area contributed by atoms with E-state index in [1.165, 1.54) is 5.56 Å². The number of allylic oxidation sites excluding steroid dienone is 1. The lowest BCUT2D eigenvalue weighted by molar-refractivity contribution is 0.0990. The molecule has 0 atom stereocenters. The maximum atomic E-state index is 12.9. The fourth-order valence-electron chi connectivity index (χ4n) is 5.24. The number of nitrogens with zero attached hydrogens (tertiary/aromatic N) is 1. The van der Waals surface area contributed by atoms with Crippen LogP contribution in [0.15, 0.2) is 103 Å². The van der Waals surface area contributed by atoms with E-state index in [0.717, 1.165) is 28.2 Å². The zero-order chi connectivity index (χ0) is 23.4. The monoisotopic (exact) mass is 441 g/mol. The Labute approximate surface area is 199 Å². The van der Waals surface area contributed by atoms with Gasteiger partial charge in [-0.15, -0.1) is 0 Å². The molecular formula is C31H23NO2. The van der Waals surface area contributed by atoms with Gasteiger partial charge in [-0.25, -0.2) is 0 Å². The molecular weight excluding hydrogens is 418 g/mol. The normalized spacial score (nSPS) is 15.6. The van der Waals surface area contributed by atoms with E-state index in [-0.39, 0.29) is 22.6 Å². The highest BCUT2D eigenvalue weighted by atomic mass is 16.2. The lowest BCUT2D eigenvalue weighted by Crippen LogP contribution is -2.30. The maximum Gasteiger partial charge on any atom is 0.197 e. The quantitative estimate of drug-likeness (QED) is 0.243. The highest BCUT2D eigenvalue weighted by molar-refractivity contribution is 6.41. The van der Waals surface area contributed by atoms with E-state index >= 15 is 0 Å². The first-order valence-corrected chi connectivity index (χ1v) is 11.5. The number of Topliss-reactive ketones (excluding diaryl/α,β-unsaturated/α-hetero) is 2. The molecule has 0 N–H and O–H groups in total. The molecule has 0 bridgehead atoms. The Balaban J connectivity index is 1.52. The molecule has 0 saturated carbocycles. The van der Waals surface area contributed by atoms with Crippen molar-refractivity contribution in [3.63, 3.8) is 0 Å². The topological polar surface area (TPSA) is 37.4 Å². The summed E-state index contributed by atoms with van der Waals surface area (Å²) in [5.74, 6) is -0.400. The number of hydrogen-bond acceptors (Lipinski definition) is 3. The summed E-state index contributed by atoms with van der Waals surface area (Å²) in [4.78, 5) is 28.1. The summed E-state index contributed by atoms with van der Waals surface area (Å²) in [5, 5.41) is 0.